The van der Waals surface area contributed by atoms with Crippen LogP contribution in [0.15, 0.2) is 72.9 Å². The summed E-state index contributed by atoms with van der Waals surface area (Å²) in [4.78, 5) is 4.49. The van der Waals surface area contributed by atoms with Gasteiger partial charge in [-0.1, -0.05) is 67.9 Å². The maximum atomic E-state index is 13.2. The maximum Gasteiger partial charge on any atom is 0.263 e. The summed E-state index contributed by atoms with van der Waals surface area (Å²) in [7, 11) is 0. The SMILES string of the molecule is CC.Cc1ccc(CC(CCl)NCc2c(Oc3cccc(C(F)F)c3)cnc3ccccc23)c(Cl)c1.NO. The summed E-state index contributed by atoms with van der Waals surface area (Å²) >= 11 is 12.7. The van der Waals surface area contributed by atoms with Gasteiger partial charge in [-0.05, 0) is 48.7 Å². The Bertz CT molecular complexity index is 1290. The fourth-order valence-corrected chi connectivity index (χ4v) is 4.33. The molecular formula is C29H33Cl2F2N3O2. The number of pyridine rings is 1. The highest BCUT2D eigenvalue weighted by atomic mass is 35.5. The number of hydrogen-bond donors (Lipinski definition) is 3. The molecule has 5 nitrogen and oxygen atoms in total. The lowest BCUT2D eigenvalue weighted by atomic mass is 10.0. The number of nitrogens with two attached hydrogens (primary N) is 1. The number of halogens is 4. The molecule has 9 heteroatoms. The van der Waals surface area contributed by atoms with Crippen LogP contribution in [0.3, 0.4) is 0 Å². The number of nitrogens with one attached hydrogen (secondary N) is 1. The molecule has 0 spiro atoms. The van der Waals surface area contributed by atoms with Crippen LogP contribution in [0.5, 0.6) is 11.5 Å². The van der Waals surface area contributed by atoms with Crippen molar-refractivity contribution >= 4 is 34.1 Å². The Morgan fingerprint density at radius 2 is 1.76 bits per heavy atom. The first kappa shape index (κ1) is 31.4. The minimum atomic E-state index is -2.57. The first-order chi connectivity index (χ1) is 18.4. The third-order valence-electron chi connectivity index (χ3n) is 5.61. The van der Waals surface area contributed by atoms with Gasteiger partial charge in [-0.15, -0.1) is 11.6 Å². The lowest BCUT2D eigenvalue weighted by molar-refractivity contribution is 0.151. The Morgan fingerprint density at radius 1 is 1.03 bits per heavy atom. The molecule has 0 aliphatic heterocycles. The van der Waals surface area contributed by atoms with Crippen molar-refractivity contribution in [2.24, 2.45) is 5.90 Å². The molecule has 0 aliphatic rings. The van der Waals surface area contributed by atoms with Crippen LogP contribution in [0.2, 0.25) is 5.02 Å². The van der Waals surface area contributed by atoms with Crippen LogP contribution >= 0.6 is 23.2 Å². The standard InChI is InChI=1S/C27H24Cl2F2N2O.C2H6.H3NO/c1-17-9-10-18(24(29)11-17)12-20(14-28)32-15-23-22-7-2-3-8-25(22)33-16-26(23)34-21-6-4-5-19(13-21)27(30)31;2*1-2/h2-11,13,16,20,27,32H,12,14-15H2,1H3;1-2H3;2H,1H2. The molecular weight excluding hydrogens is 531 g/mol. The normalized spacial score (nSPS) is 11.3. The van der Waals surface area contributed by atoms with Crippen LogP contribution < -0.4 is 16.0 Å². The fraction of sp³-hybridized carbons (Fsp3) is 0.276. The number of benzene rings is 3. The van der Waals surface area contributed by atoms with Crippen LogP contribution in [0.1, 0.15) is 42.5 Å². The van der Waals surface area contributed by atoms with E-state index in [4.69, 9.17) is 33.1 Å². The molecule has 38 heavy (non-hydrogen) atoms. The predicted molar refractivity (Wildman–Crippen MR) is 152 cm³/mol. The highest BCUT2D eigenvalue weighted by Gasteiger charge is 2.16. The second kappa shape index (κ2) is 16.2. The molecule has 0 radical (unpaired) electrons. The fourth-order valence-electron chi connectivity index (χ4n) is 3.80. The van der Waals surface area contributed by atoms with Crippen LogP contribution in [-0.4, -0.2) is 22.1 Å². The predicted octanol–water partition coefficient (Wildman–Crippen LogP) is 8.23. The number of rotatable bonds is 9. The number of para-hydroxylation sites is 1. The van der Waals surface area contributed by atoms with E-state index in [1.165, 1.54) is 12.1 Å². The van der Waals surface area contributed by atoms with Gasteiger partial charge < -0.3 is 15.3 Å². The zero-order chi connectivity index (χ0) is 28.1. The van der Waals surface area contributed by atoms with Crippen molar-refractivity contribution in [2.75, 3.05) is 5.88 Å². The molecule has 4 rings (SSSR count). The van der Waals surface area contributed by atoms with Crippen LogP contribution in [0.4, 0.5) is 8.78 Å². The summed E-state index contributed by atoms with van der Waals surface area (Å²) in [6.45, 7) is 6.45. The number of aryl methyl sites for hydroxylation is 1. The maximum absolute atomic E-state index is 13.2. The van der Waals surface area contributed by atoms with E-state index >= 15 is 0 Å². The highest BCUT2D eigenvalue weighted by molar-refractivity contribution is 6.31. The average molecular weight is 565 g/mol. The van der Waals surface area contributed by atoms with Gasteiger partial charge in [0.15, 0.2) is 5.75 Å². The van der Waals surface area contributed by atoms with E-state index in [1.54, 1.807) is 18.3 Å². The molecule has 0 fully saturated rings. The summed E-state index contributed by atoms with van der Waals surface area (Å²) in [5, 5.41) is 11.6. The number of ether oxygens (including phenoxy) is 1. The molecule has 1 atom stereocenters. The van der Waals surface area contributed by atoms with Crippen molar-refractivity contribution in [3.05, 3.63) is 100 Å². The highest BCUT2D eigenvalue weighted by Crippen LogP contribution is 2.32. The largest absolute Gasteiger partial charge is 0.455 e. The minimum absolute atomic E-state index is 0.0381. The Morgan fingerprint density at radius 3 is 2.45 bits per heavy atom. The Balaban J connectivity index is 0.00000121. The zero-order valence-electron chi connectivity index (χ0n) is 21.6. The van der Waals surface area contributed by atoms with Gasteiger partial charge in [0.1, 0.15) is 5.75 Å². The van der Waals surface area contributed by atoms with Crippen molar-refractivity contribution in [3.8, 4) is 11.5 Å². The molecule has 204 valence electrons. The number of nitrogens with zero attached hydrogens (tertiary/aromatic N) is 1. The summed E-state index contributed by atoms with van der Waals surface area (Å²) in [5.41, 5.74) is 3.72. The van der Waals surface area contributed by atoms with Gasteiger partial charge in [-0.25, -0.2) is 14.7 Å². The molecule has 0 saturated heterocycles. The van der Waals surface area contributed by atoms with E-state index in [0.29, 0.717) is 35.4 Å². The van der Waals surface area contributed by atoms with Crippen molar-refractivity contribution in [1.82, 2.24) is 10.3 Å². The van der Waals surface area contributed by atoms with Gasteiger partial charge >= 0.3 is 0 Å². The first-order valence-electron chi connectivity index (χ1n) is 12.2. The van der Waals surface area contributed by atoms with Gasteiger partial charge in [0, 0.05) is 40.0 Å². The molecule has 0 aliphatic carbocycles. The smallest absolute Gasteiger partial charge is 0.263 e. The lowest BCUT2D eigenvalue weighted by Crippen LogP contribution is -2.32. The van der Waals surface area contributed by atoms with Gasteiger partial charge in [-0.2, -0.15) is 0 Å². The molecule has 0 saturated carbocycles. The van der Waals surface area contributed by atoms with Crippen LogP contribution in [-0.2, 0) is 13.0 Å². The van der Waals surface area contributed by atoms with Crippen molar-refractivity contribution in [2.45, 2.75) is 46.2 Å². The molecule has 3 aromatic carbocycles. The molecule has 4 N–H and O–H groups in total. The zero-order valence-corrected chi connectivity index (χ0v) is 23.1. The van der Waals surface area contributed by atoms with Gasteiger partial charge in [0.2, 0.25) is 0 Å². The Labute approximate surface area is 232 Å². The summed E-state index contributed by atoms with van der Waals surface area (Å²) in [6.07, 6.45) is -0.281. The van der Waals surface area contributed by atoms with E-state index in [9.17, 15) is 8.78 Å². The molecule has 1 aromatic heterocycles. The van der Waals surface area contributed by atoms with Gasteiger partial charge in [-0.3, -0.25) is 4.98 Å². The lowest BCUT2D eigenvalue weighted by Gasteiger charge is -2.20. The number of fused-ring (bicyclic) bond motifs is 1. The summed E-state index contributed by atoms with van der Waals surface area (Å²) < 4.78 is 32.3. The minimum Gasteiger partial charge on any atom is -0.455 e. The first-order valence-corrected chi connectivity index (χ1v) is 13.1. The molecule has 0 bridgehead atoms. The second-order valence-electron chi connectivity index (χ2n) is 8.12. The third-order valence-corrected chi connectivity index (χ3v) is 6.34. The molecule has 0 amide bonds. The summed E-state index contributed by atoms with van der Waals surface area (Å²) in [5.74, 6) is 4.72. The quantitative estimate of drug-likeness (QED) is 0.141. The number of alkyl halides is 3. The molecule has 4 aromatic rings. The van der Waals surface area contributed by atoms with Crippen LogP contribution in [0.25, 0.3) is 10.9 Å². The van der Waals surface area contributed by atoms with E-state index in [2.05, 4.69) is 16.2 Å². The van der Waals surface area contributed by atoms with E-state index in [0.717, 1.165) is 27.6 Å². The number of aromatic nitrogens is 1. The Hall–Kier alpha value is -2.81. The van der Waals surface area contributed by atoms with Crippen molar-refractivity contribution in [1.29, 1.82) is 0 Å². The van der Waals surface area contributed by atoms with Gasteiger partial charge in [0.25, 0.3) is 6.43 Å². The van der Waals surface area contributed by atoms with E-state index in [1.807, 2.05) is 63.2 Å². The van der Waals surface area contributed by atoms with E-state index in [-0.39, 0.29) is 11.6 Å². The van der Waals surface area contributed by atoms with Gasteiger partial charge in [0.05, 0.1) is 11.7 Å². The second-order valence-corrected chi connectivity index (χ2v) is 8.84. The van der Waals surface area contributed by atoms with Crippen LogP contribution in [0, 0.1) is 6.92 Å². The third kappa shape index (κ3) is 8.61. The molecule has 1 heterocycles. The Kier molecular flexibility index (Phi) is 13.4. The number of hydrogen-bond acceptors (Lipinski definition) is 5. The van der Waals surface area contributed by atoms with Crippen molar-refractivity contribution in [3.63, 3.8) is 0 Å². The topological polar surface area (TPSA) is 80.4 Å². The van der Waals surface area contributed by atoms with E-state index < -0.39 is 6.43 Å². The molecule has 1 unspecified atom stereocenters. The monoisotopic (exact) mass is 563 g/mol. The summed E-state index contributed by atoms with van der Waals surface area (Å²) in [6, 6.07) is 19.6. The van der Waals surface area contributed by atoms with Crippen molar-refractivity contribution < 1.29 is 18.7 Å². The average Bonchev–Trinajstić information content (AvgIpc) is 2.95.